The van der Waals surface area contributed by atoms with E-state index in [0.717, 1.165) is 11.3 Å². The van der Waals surface area contributed by atoms with Crippen LogP contribution in [-0.2, 0) is 10.0 Å². The van der Waals surface area contributed by atoms with Gasteiger partial charge in [0.1, 0.15) is 4.21 Å². The van der Waals surface area contributed by atoms with Crippen molar-refractivity contribution in [2.24, 2.45) is 0 Å². The van der Waals surface area contributed by atoms with Gasteiger partial charge in [0.05, 0.1) is 0 Å². The molecule has 0 atom stereocenters. The lowest BCUT2D eigenvalue weighted by atomic mass is 10.2. The standard InChI is InChI=1S/C12H12N2O3S2/c1-13-12(15)9-4-6-10(7-5-9)14-19(16,17)11-3-2-8-18-11/h2-8,14H,1H3,(H,13,15). The van der Waals surface area contributed by atoms with Crippen molar-refractivity contribution < 1.29 is 13.2 Å². The summed E-state index contributed by atoms with van der Waals surface area (Å²) in [5, 5.41) is 4.19. The molecule has 1 aromatic heterocycles. The van der Waals surface area contributed by atoms with Gasteiger partial charge in [0.25, 0.3) is 15.9 Å². The van der Waals surface area contributed by atoms with Crippen LogP contribution in [0.25, 0.3) is 0 Å². The Morgan fingerprint density at radius 3 is 2.37 bits per heavy atom. The lowest BCUT2D eigenvalue weighted by Gasteiger charge is -2.06. The summed E-state index contributed by atoms with van der Waals surface area (Å²) in [6, 6.07) is 9.43. The van der Waals surface area contributed by atoms with E-state index in [-0.39, 0.29) is 10.1 Å². The Kier molecular flexibility index (Phi) is 3.87. The van der Waals surface area contributed by atoms with E-state index in [2.05, 4.69) is 10.0 Å². The Labute approximate surface area is 115 Å². The number of rotatable bonds is 4. The molecular formula is C12H12N2O3S2. The van der Waals surface area contributed by atoms with Gasteiger partial charge in [-0.1, -0.05) is 6.07 Å². The van der Waals surface area contributed by atoms with E-state index >= 15 is 0 Å². The van der Waals surface area contributed by atoms with E-state index in [0.29, 0.717) is 11.3 Å². The second-order valence-corrected chi connectivity index (χ2v) is 6.55. The SMILES string of the molecule is CNC(=O)c1ccc(NS(=O)(=O)c2cccs2)cc1. The van der Waals surface area contributed by atoms with Gasteiger partial charge in [-0.25, -0.2) is 8.42 Å². The van der Waals surface area contributed by atoms with Gasteiger partial charge in [-0.05, 0) is 35.7 Å². The van der Waals surface area contributed by atoms with Gasteiger partial charge in [-0.3, -0.25) is 9.52 Å². The number of nitrogens with one attached hydrogen (secondary N) is 2. The summed E-state index contributed by atoms with van der Waals surface area (Å²) in [5.41, 5.74) is 0.891. The molecule has 7 heteroatoms. The highest BCUT2D eigenvalue weighted by Crippen LogP contribution is 2.20. The molecule has 0 aliphatic rings. The third-order valence-corrected chi connectivity index (χ3v) is 5.17. The summed E-state index contributed by atoms with van der Waals surface area (Å²) >= 11 is 1.15. The molecule has 1 amide bonds. The van der Waals surface area contributed by atoms with E-state index < -0.39 is 10.0 Å². The molecule has 19 heavy (non-hydrogen) atoms. The molecule has 1 aromatic carbocycles. The van der Waals surface area contributed by atoms with Crippen molar-refractivity contribution in [3.05, 3.63) is 47.3 Å². The lowest BCUT2D eigenvalue weighted by molar-refractivity contribution is 0.0963. The van der Waals surface area contributed by atoms with E-state index in [1.165, 1.54) is 13.1 Å². The molecule has 0 unspecified atom stereocenters. The fourth-order valence-electron chi connectivity index (χ4n) is 1.46. The molecule has 2 aromatic rings. The topological polar surface area (TPSA) is 75.3 Å². The fourth-order valence-corrected chi connectivity index (χ4v) is 3.51. The lowest BCUT2D eigenvalue weighted by Crippen LogP contribution is -2.17. The fraction of sp³-hybridized carbons (Fsp3) is 0.0833. The minimum atomic E-state index is -3.54. The largest absolute Gasteiger partial charge is 0.355 e. The van der Waals surface area contributed by atoms with Crippen LogP contribution in [0.15, 0.2) is 46.0 Å². The number of amides is 1. The van der Waals surface area contributed by atoms with Gasteiger partial charge in [0, 0.05) is 18.3 Å². The average molecular weight is 296 g/mol. The zero-order valence-corrected chi connectivity index (χ0v) is 11.7. The summed E-state index contributed by atoms with van der Waals surface area (Å²) < 4.78 is 26.6. The molecule has 0 bridgehead atoms. The molecule has 0 aliphatic carbocycles. The highest BCUT2D eigenvalue weighted by molar-refractivity contribution is 7.94. The molecule has 0 radical (unpaired) electrons. The van der Waals surface area contributed by atoms with Crippen molar-refractivity contribution in [1.82, 2.24) is 5.32 Å². The number of thiophene rings is 1. The molecular weight excluding hydrogens is 284 g/mol. The first kappa shape index (κ1) is 13.6. The summed E-state index contributed by atoms with van der Waals surface area (Å²) in [5.74, 6) is -0.215. The second-order valence-electron chi connectivity index (χ2n) is 3.69. The normalized spacial score (nSPS) is 11.0. The zero-order valence-electron chi connectivity index (χ0n) is 10.1. The zero-order chi connectivity index (χ0) is 13.9. The Morgan fingerprint density at radius 1 is 1.16 bits per heavy atom. The van der Waals surface area contributed by atoms with Crippen LogP contribution < -0.4 is 10.0 Å². The Balaban J connectivity index is 2.19. The first-order valence-electron chi connectivity index (χ1n) is 5.41. The monoisotopic (exact) mass is 296 g/mol. The Morgan fingerprint density at radius 2 is 1.84 bits per heavy atom. The molecule has 0 spiro atoms. The number of carbonyl (C=O) groups excluding carboxylic acids is 1. The van der Waals surface area contributed by atoms with Gasteiger partial charge in [0.2, 0.25) is 0 Å². The first-order chi connectivity index (χ1) is 9.03. The third-order valence-electron chi connectivity index (χ3n) is 2.39. The van der Waals surface area contributed by atoms with Crippen LogP contribution >= 0.6 is 11.3 Å². The summed E-state index contributed by atoms with van der Waals surface area (Å²) in [6.07, 6.45) is 0. The number of hydrogen-bond donors (Lipinski definition) is 2. The Hall–Kier alpha value is -1.86. The van der Waals surface area contributed by atoms with Crippen molar-refractivity contribution in [1.29, 1.82) is 0 Å². The second kappa shape index (κ2) is 5.41. The summed E-state index contributed by atoms with van der Waals surface area (Å²) in [4.78, 5) is 11.3. The first-order valence-corrected chi connectivity index (χ1v) is 7.78. The highest BCUT2D eigenvalue weighted by Gasteiger charge is 2.15. The minimum Gasteiger partial charge on any atom is -0.355 e. The van der Waals surface area contributed by atoms with Gasteiger partial charge >= 0.3 is 0 Å². The number of hydrogen-bond acceptors (Lipinski definition) is 4. The quantitative estimate of drug-likeness (QED) is 0.905. The van der Waals surface area contributed by atoms with Gasteiger partial charge in [-0.15, -0.1) is 11.3 Å². The maximum absolute atomic E-state index is 12.0. The van der Waals surface area contributed by atoms with Crippen LogP contribution in [0.1, 0.15) is 10.4 Å². The summed E-state index contributed by atoms with van der Waals surface area (Å²) in [6.45, 7) is 0. The van der Waals surface area contributed by atoms with E-state index in [9.17, 15) is 13.2 Å². The summed E-state index contributed by atoms with van der Waals surface area (Å²) in [7, 11) is -2.00. The molecule has 0 saturated heterocycles. The molecule has 0 aliphatic heterocycles. The van der Waals surface area contributed by atoms with Gasteiger partial charge < -0.3 is 5.32 Å². The van der Waals surface area contributed by atoms with Crippen LogP contribution in [0, 0.1) is 0 Å². The van der Waals surface area contributed by atoms with Crippen LogP contribution in [0.4, 0.5) is 5.69 Å². The molecule has 100 valence electrons. The smallest absolute Gasteiger partial charge is 0.271 e. The van der Waals surface area contributed by atoms with Crippen molar-refractivity contribution in [2.75, 3.05) is 11.8 Å². The molecule has 2 N–H and O–H groups in total. The molecule has 5 nitrogen and oxygen atoms in total. The number of benzene rings is 1. The van der Waals surface area contributed by atoms with E-state index in [1.54, 1.807) is 35.7 Å². The van der Waals surface area contributed by atoms with Crippen LogP contribution in [0.3, 0.4) is 0 Å². The molecule has 0 fully saturated rings. The van der Waals surface area contributed by atoms with Crippen molar-refractivity contribution in [3.8, 4) is 0 Å². The number of sulfonamides is 1. The van der Waals surface area contributed by atoms with Crippen LogP contribution in [0.5, 0.6) is 0 Å². The molecule has 0 saturated carbocycles. The van der Waals surface area contributed by atoms with Gasteiger partial charge in [-0.2, -0.15) is 0 Å². The van der Waals surface area contributed by atoms with Gasteiger partial charge in [0.15, 0.2) is 0 Å². The van der Waals surface area contributed by atoms with Crippen molar-refractivity contribution in [2.45, 2.75) is 4.21 Å². The number of carbonyl (C=O) groups is 1. The van der Waals surface area contributed by atoms with E-state index in [1.807, 2.05) is 0 Å². The maximum atomic E-state index is 12.0. The third kappa shape index (κ3) is 3.12. The minimum absolute atomic E-state index is 0.215. The predicted molar refractivity (Wildman–Crippen MR) is 75.0 cm³/mol. The molecule has 1 heterocycles. The van der Waals surface area contributed by atoms with Crippen LogP contribution in [-0.4, -0.2) is 21.4 Å². The van der Waals surface area contributed by atoms with E-state index in [4.69, 9.17) is 0 Å². The predicted octanol–water partition coefficient (Wildman–Crippen LogP) is 1.91. The maximum Gasteiger partial charge on any atom is 0.271 e. The van der Waals surface area contributed by atoms with Crippen molar-refractivity contribution in [3.63, 3.8) is 0 Å². The van der Waals surface area contributed by atoms with Crippen LogP contribution in [0.2, 0.25) is 0 Å². The highest BCUT2D eigenvalue weighted by atomic mass is 32.2. The number of anilines is 1. The Bertz CT molecular complexity index is 662. The molecule has 2 rings (SSSR count). The average Bonchev–Trinajstić information content (AvgIpc) is 2.93. The van der Waals surface area contributed by atoms with Crippen molar-refractivity contribution >= 4 is 33.0 Å².